The fourth-order valence-electron chi connectivity index (χ4n) is 3.20. The third-order valence-electron chi connectivity index (χ3n) is 4.98. The van der Waals surface area contributed by atoms with Crippen LogP contribution in [-0.2, 0) is 26.9 Å². The van der Waals surface area contributed by atoms with Crippen LogP contribution in [0.5, 0.6) is 0 Å². The van der Waals surface area contributed by atoms with E-state index in [1.165, 1.54) is 6.92 Å². The molecule has 0 bridgehead atoms. The molecular formula is C18H16F6N2O3S. The molecule has 1 aromatic carbocycles. The Balaban J connectivity index is 1.90. The third-order valence-corrected chi connectivity index (χ3v) is 7.53. The molecular weight excluding hydrogens is 438 g/mol. The largest absolute Gasteiger partial charge is 0.451 e. The molecule has 2 aromatic rings. The van der Waals surface area contributed by atoms with Gasteiger partial charge >= 0.3 is 12.4 Å². The average molecular weight is 454 g/mol. The highest BCUT2D eigenvalue weighted by Gasteiger charge is 2.46. The molecule has 0 radical (unpaired) electrons. The van der Waals surface area contributed by atoms with Crippen molar-refractivity contribution in [1.29, 1.82) is 0 Å². The number of ether oxygens (including phenoxy) is 1. The smallest absolute Gasteiger partial charge is 0.373 e. The van der Waals surface area contributed by atoms with Crippen molar-refractivity contribution in [3.05, 3.63) is 53.6 Å². The fourth-order valence-corrected chi connectivity index (χ4v) is 5.03. The zero-order chi connectivity index (χ0) is 22.4. The predicted molar refractivity (Wildman–Crippen MR) is 92.0 cm³/mol. The van der Waals surface area contributed by atoms with Crippen molar-refractivity contribution in [2.45, 2.75) is 47.9 Å². The van der Waals surface area contributed by atoms with Gasteiger partial charge in [-0.15, -0.1) is 0 Å². The summed E-state index contributed by atoms with van der Waals surface area (Å²) in [6, 6.07) is 3.45. The molecule has 164 valence electrons. The SMILES string of the molecule is CC1(S(=O)(=O)c2cccc(C(F)(F)F)c2)CCOC(c2cnc(C(F)(F)F)nc2)C1. The minimum Gasteiger partial charge on any atom is -0.373 e. The second kappa shape index (κ2) is 7.49. The molecule has 2 atom stereocenters. The molecule has 1 aliphatic heterocycles. The summed E-state index contributed by atoms with van der Waals surface area (Å²) in [5.74, 6) is -1.35. The van der Waals surface area contributed by atoms with Crippen LogP contribution in [0.3, 0.4) is 0 Å². The molecule has 1 aliphatic rings. The van der Waals surface area contributed by atoms with E-state index >= 15 is 0 Å². The van der Waals surface area contributed by atoms with Crippen LogP contribution in [0.25, 0.3) is 0 Å². The molecule has 12 heteroatoms. The van der Waals surface area contributed by atoms with E-state index in [1.54, 1.807) is 0 Å². The topological polar surface area (TPSA) is 69.2 Å². The van der Waals surface area contributed by atoms with E-state index in [4.69, 9.17) is 4.74 Å². The van der Waals surface area contributed by atoms with Crippen LogP contribution in [0.15, 0.2) is 41.6 Å². The minimum absolute atomic E-state index is 0.00354. The Morgan fingerprint density at radius 2 is 1.70 bits per heavy atom. The predicted octanol–water partition coefficient (Wildman–Crippen LogP) is 4.60. The van der Waals surface area contributed by atoms with Gasteiger partial charge in [0.25, 0.3) is 0 Å². The molecule has 0 aliphatic carbocycles. The highest BCUT2D eigenvalue weighted by molar-refractivity contribution is 7.92. The van der Waals surface area contributed by atoms with E-state index in [1.807, 2.05) is 0 Å². The zero-order valence-corrected chi connectivity index (χ0v) is 16.3. The van der Waals surface area contributed by atoms with Gasteiger partial charge in [-0.25, -0.2) is 18.4 Å². The molecule has 30 heavy (non-hydrogen) atoms. The number of alkyl halides is 6. The molecule has 2 heterocycles. The van der Waals surface area contributed by atoms with Crippen LogP contribution in [0.4, 0.5) is 26.3 Å². The van der Waals surface area contributed by atoms with E-state index in [-0.39, 0.29) is 25.0 Å². The van der Waals surface area contributed by atoms with E-state index in [9.17, 15) is 34.8 Å². The first-order valence-electron chi connectivity index (χ1n) is 8.67. The van der Waals surface area contributed by atoms with Gasteiger partial charge in [0.05, 0.1) is 21.3 Å². The Hall–Kier alpha value is -2.21. The molecule has 0 amide bonds. The minimum atomic E-state index is -4.73. The maximum absolute atomic E-state index is 13.1. The molecule has 1 aromatic heterocycles. The lowest BCUT2D eigenvalue weighted by Gasteiger charge is -2.37. The van der Waals surface area contributed by atoms with Crippen molar-refractivity contribution in [1.82, 2.24) is 9.97 Å². The van der Waals surface area contributed by atoms with Crippen molar-refractivity contribution in [3.63, 3.8) is 0 Å². The van der Waals surface area contributed by atoms with Crippen molar-refractivity contribution in [3.8, 4) is 0 Å². The summed E-state index contributed by atoms with van der Waals surface area (Å²) in [7, 11) is -4.22. The number of nitrogens with zero attached hydrogens (tertiary/aromatic N) is 2. The summed E-state index contributed by atoms with van der Waals surface area (Å²) in [5, 5.41) is 0. The van der Waals surface area contributed by atoms with Crippen LogP contribution >= 0.6 is 0 Å². The van der Waals surface area contributed by atoms with Gasteiger partial charge < -0.3 is 4.74 Å². The first-order chi connectivity index (χ1) is 13.7. The van der Waals surface area contributed by atoms with Gasteiger partial charge in [0.2, 0.25) is 5.82 Å². The van der Waals surface area contributed by atoms with Gasteiger partial charge in [-0.3, -0.25) is 0 Å². The molecule has 5 nitrogen and oxygen atoms in total. The van der Waals surface area contributed by atoms with Crippen LogP contribution in [0.1, 0.15) is 42.8 Å². The van der Waals surface area contributed by atoms with Crippen molar-refractivity contribution in [2.75, 3.05) is 6.61 Å². The lowest BCUT2D eigenvalue weighted by Crippen LogP contribution is -2.42. The van der Waals surface area contributed by atoms with E-state index in [0.717, 1.165) is 30.6 Å². The molecule has 0 spiro atoms. The van der Waals surface area contributed by atoms with E-state index < -0.39 is 49.3 Å². The third kappa shape index (κ3) is 4.29. The Morgan fingerprint density at radius 1 is 1.07 bits per heavy atom. The van der Waals surface area contributed by atoms with Gasteiger partial charge in [0, 0.05) is 24.6 Å². The molecule has 3 rings (SSSR count). The maximum Gasteiger partial charge on any atom is 0.451 e. The van der Waals surface area contributed by atoms with E-state index in [2.05, 4.69) is 9.97 Å². The second-order valence-corrected chi connectivity index (χ2v) is 9.59. The summed E-state index contributed by atoms with van der Waals surface area (Å²) in [4.78, 5) is 6.00. The summed E-state index contributed by atoms with van der Waals surface area (Å²) in [5.41, 5.74) is -0.944. The Kier molecular flexibility index (Phi) is 5.61. The summed E-state index contributed by atoms with van der Waals surface area (Å²) >= 11 is 0. The summed E-state index contributed by atoms with van der Waals surface area (Å²) in [6.45, 7) is 1.32. The Bertz CT molecular complexity index is 1020. The first-order valence-corrected chi connectivity index (χ1v) is 10.1. The number of aromatic nitrogens is 2. The lowest BCUT2D eigenvalue weighted by molar-refractivity contribution is -0.145. The number of hydrogen-bond donors (Lipinski definition) is 0. The second-order valence-electron chi connectivity index (χ2n) is 7.13. The molecule has 0 saturated carbocycles. The normalized spacial score (nSPS) is 23.4. The van der Waals surface area contributed by atoms with Gasteiger partial charge in [-0.2, -0.15) is 26.3 Å². The van der Waals surface area contributed by atoms with Crippen molar-refractivity contribution >= 4 is 9.84 Å². The quantitative estimate of drug-likeness (QED) is 0.635. The van der Waals surface area contributed by atoms with Gasteiger partial charge in [-0.05, 0) is 38.0 Å². The molecule has 2 unspecified atom stereocenters. The van der Waals surface area contributed by atoms with Gasteiger partial charge in [0.1, 0.15) is 0 Å². The zero-order valence-electron chi connectivity index (χ0n) is 15.5. The highest BCUT2D eigenvalue weighted by Crippen LogP contribution is 2.42. The standard InChI is InChI=1S/C18H16F6N2O3S/c1-16(30(27,28)13-4-2-3-12(7-13)17(19,20)21)5-6-29-14(8-16)11-9-25-15(26-10-11)18(22,23)24/h2-4,7,9-10,14H,5-6,8H2,1H3. The number of sulfone groups is 1. The Labute approximate surface area is 168 Å². The van der Waals surface area contributed by atoms with Gasteiger partial charge in [0.15, 0.2) is 9.84 Å². The van der Waals surface area contributed by atoms with Crippen LogP contribution in [0, 0.1) is 0 Å². The number of rotatable bonds is 3. The molecule has 0 N–H and O–H groups in total. The number of halogens is 6. The first kappa shape index (κ1) is 22.5. The molecule has 1 fully saturated rings. The Morgan fingerprint density at radius 3 is 2.27 bits per heavy atom. The highest BCUT2D eigenvalue weighted by atomic mass is 32.2. The molecule has 1 saturated heterocycles. The number of benzene rings is 1. The fraction of sp³-hybridized carbons (Fsp3) is 0.444. The average Bonchev–Trinajstić information content (AvgIpc) is 2.67. The van der Waals surface area contributed by atoms with Crippen molar-refractivity contribution in [2.24, 2.45) is 0 Å². The van der Waals surface area contributed by atoms with Crippen LogP contribution in [0.2, 0.25) is 0 Å². The summed E-state index contributed by atoms with van der Waals surface area (Å²) < 4.78 is 107. The van der Waals surface area contributed by atoms with Crippen LogP contribution in [-0.4, -0.2) is 29.7 Å². The maximum atomic E-state index is 13.1. The summed E-state index contributed by atoms with van der Waals surface area (Å²) in [6.07, 6.45) is -8.72. The van der Waals surface area contributed by atoms with Crippen LogP contribution < -0.4 is 0 Å². The monoisotopic (exact) mass is 454 g/mol. The van der Waals surface area contributed by atoms with Crippen molar-refractivity contribution < 1.29 is 39.5 Å². The van der Waals surface area contributed by atoms with E-state index in [0.29, 0.717) is 6.07 Å². The van der Waals surface area contributed by atoms with Gasteiger partial charge in [-0.1, -0.05) is 6.07 Å². The lowest BCUT2D eigenvalue weighted by atomic mass is 9.93. The number of hydrogen-bond acceptors (Lipinski definition) is 5.